The van der Waals surface area contributed by atoms with E-state index in [9.17, 15) is 9.90 Å². The highest BCUT2D eigenvalue weighted by molar-refractivity contribution is 5.83. The van der Waals surface area contributed by atoms with Crippen molar-refractivity contribution in [2.45, 2.75) is 37.6 Å². The highest BCUT2D eigenvalue weighted by Crippen LogP contribution is 2.24. The van der Waals surface area contributed by atoms with Gasteiger partial charge in [0.2, 0.25) is 5.91 Å². The first-order valence-corrected chi connectivity index (χ1v) is 5.97. The molecule has 2 saturated heterocycles. The SMILES string of the molecule is O=C1[C@H](Cc2cnc[nH]2)NC(O)[C@@H]2CCCN12. The lowest BCUT2D eigenvalue weighted by Crippen LogP contribution is -2.63. The molecule has 1 amide bonds. The van der Waals surface area contributed by atoms with Crippen LogP contribution < -0.4 is 5.32 Å². The molecule has 0 spiro atoms. The molecule has 1 aromatic heterocycles. The van der Waals surface area contributed by atoms with Crippen LogP contribution in [0.1, 0.15) is 18.5 Å². The number of amides is 1. The number of nitrogens with zero attached hydrogens (tertiary/aromatic N) is 2. The Bertz CT molecular complexity index is 406. The van der Waals surface area contributed by atoms with E-state index in [-0.39, 0.29) is 18.0 Å². The maximum Gasteiger partial charge on any atom is 0.240 e. The molecule has 0 aliphatic carbocycles. The maximum absolute atomic E-state index is 12.2. The van der Waals surface area contributed by atoms with Crippen molar-refractivity contribution in [3.05, 3.63) is 18.2 Å². The zero-order chi connectivity index (χ0) is 11.8. The van der Waals surface area contributed by atoms with Crippen molar-refractivity contribution >= 4 is 5.91 Å². The third-order valence-corrected chi connectivity index (χ3v) is 3.60. The smallest absolute Gasteiger partial charge is 0.240 e. The third-order valence-electron chi connectivity index (χ3n) is 3.60. The van der Waals surface area contributed by atoms with E-state index in [0.717, 1.165) is 25.1 Å². The number of piperazine rings is 1. The molecule has 2 fully saturated rings. The summed E-state index contributed by atoms with van der Waals surface area (Å²) in [5.74, 6) is 0.0902. The van der Waals surface area contributed by atoms with Gasteiger partial charge in [-0.15, -0.1) is 0 Å². The van der Waals surface area contributed by atoms with Crippen molar-refractivity contribution < 1.29 is 9.90 Å². The Morgan fingerprint density at radius 1 is 1.59 bits per heavy atom. The van der Waals surface area contributed by atoms with Crippen LogP contribution in [0, 0.1) is 0 Å². The number of nitrogens with one attached hydrogen (secondary N) is 2. The third kappa shape index (κ3) is 1.83. The molecule has 6 heteroatoms. The number of carbonyl (C=O) groups is 1. The van der Waals surface area contributed by atoms with Gasteiger partial charge in [-0.2, -0.15) is 0 Å². The first-order chi connectivity index (χ1) is 8.25. The number of rotatable bonds is 2. The lowest BCUT2D eigenvalue weighted by atomic mass is 10.0. The van der Waals surface area contributed by atoms with Crippen LogP contribution in [0.2, 0.25) is 0 Å². The van der Waals surface area contributed by atoms with E-state index in [0.29, 0.717) is 6.42 Å². The fraction of sp³-hybridized carbons (Fsp3) is 0.636. The summed E-state index contributed by atoms with van der Waals surface area (Å²) in [6.07, 6.45) is 5.10. The number of hydrogen-bond acceptors (Lipinski definition) is 4. The molecule has 3 heterocycles. The minimum atomic E-state index is -0.608. The average Bonchev–Trinajstić information content (AvgIpc) is 2.96. The van der Waals surface area contributed by atoms with Crippen molar-refractivity contribution in [1.82, 2.24) is 20.2 Å². The van der Waals surface area contributed by atoms with Crippen molar-refractivity contribution in [1.29, 1.82) is 0 Å². The van der Waals surface area contributed by atoms with Gasteiger partial charge in [0.25, 0.3) is 0 Å². The lowest BCUT2D eigenvalue weighted by Gasteiger charge is -2.39. The Hall–Kier alpha value is -1.40. The maximum atomic E-state index is 12.2. The Morgan fingerprint density at radius 2 is 2.47 bits per heavy atom. The van der Waals surface area contributed by atoms with E-state index in [2.05, 4.69) is 15.3 Å². The van der Waals surface area contributed by atoms with E-state index in [4.69, 9.17) is 0 Å². The molecule has 17 heavy (non-hydrogen) atoms. The predicted molar refractivity (Wildman–Crippen MR) is 60.0 cm³/mol. The zero-order valence-electron chi connectivity index (χ0n) is 9.47. The standard InChI is InChI=1S/C11H16N4O2/c16-10-9-2-1-3-15(9)11(17)8(14-10)4-7-5-12-6-13-7/h5-6,8-10,14,16H,1-4H2,(H,12,13)/t8-,9-,10?/m0/s1. The highest BCUT2D eigenvalue weighted by Gasteiger charge is 2.42. The predicted octanol–water partition coefficient (Wildman–Crippen LogP) is -0.767. The first kappa shape index (κ1) is 10.7. The fourth-order valence-electron chi connectivity index (χ4n) is 2.75. The zero-order valence-corrected chi connectivity index (χ0v) is 9.47. The highest BCUT2D eigenvalue weighted by atomic mass is 16.3. The molecule has 3 N–H and O–H groups in total. The number of aromatic nitrogens is 2. The number of hydrogen-bond donors (Lipinski definition) is 3. The largest absolute Gasteiger partial charge is 0.376 e. The second-order valence-electron chi connectivity index (χ2n) is 4.69. The van der Waals surface area contributed by atoms with Gasteiger partial charge in [0.15, 0.2) is 0 Å². The Morgan fingerprint density at radius 3 is 3.24 bits per heavy atom. The van der Waals surface area contributed by atoms with Gasteiger partial charge in [-0.05, 0) is 12.8 Å². The van der Waals surface area contributed by atoms with E-state index < -0.39 is 6.23 Å². The van der Waals surface area contributed by atoms with Crippen LogP contribution in [0.4, 0.5) is 0 Å². The normalized spacial score (nSPS) is 32.9. The molecule has 3 atom stereocenters. The minimum Gasteiger partial charge on any atom is -0.376 e. The van der Waals surface area contributed by atoms with E-state index in [1.54, 1.807) is 12.5 Å². The monoisotopic (exact) mass is 236 g/mol. The number of carbonyl (C=O) groups excluding carboxylic acids is 1. The van der Waals surface area contributed by atoms with Crippen molar-refractivity contribution in [2.24, 2.45) is 0 Å². The van der Waals surface area contributed by atoms with Crippen LogP contribution >= 0.6 is 0 Å². The summed E-state index contributed by atoms with van der Waals surface area (Å²) in [7, 11) is 0. The summed E-state index contributed by atoms with van der Waals surface area (Å²) in [6, 6.07) is -0.389. The van der Waals surface area contributed by atoms with Crippen LogP contribution in [0.3, 0.4) is 0 Å². The van der Waals surface area contributed by atoms with Crippen molar-refractivity contribution in [3.8, 4) is 0 Å². The molecule has 6 nitrogen and oxygen atoms in total. The van der Waals surface area contributed by atoms with Gasteiger partial charge in [0.05, 0.1) is 18.4 Å². The molecule has 1 unspecified atom stereocenters. The second-order valence-corrected chi connectivity index (χ2v) is 4.69. The average molecular weight is 236 g/mol. The molecule has 1 aromatic rings. The molecule has 92 valence electrons. The van der Waals surface area contributed by atoms with Crippen LogP contribution in [-0.4, -0.2) is 50.7 Å². The van der Waals surface area contributed by atoms with Gasteiger partial charge in [-0.25, -0.2) is 4.98 Å². The number of fused-ring (bicyclic) bond motifs is 1. The molecule has 3 rings (SSSR count). The summed E-state index contributed by atoms with van der Waals surface area (Å²) >= 11 is 0. The number of aliphatic hydroxyl groups is 1. The second kappa shape index (κ2) is 4.12. The number of H-pyrrole nitrogens is 1. The van der Waals surface area contributed by atoms with Gasteiger partial charge in [-0.1, -0.05) is 0 Å². The molecule has 0 aromatic carbocycles. The van der Waals surface area contributed by atoms with Crippen LogP contribution in [-0.2, 0) is 11.2 Å². The van der Waals surface area contributed by atoms with E-state index in [1.807, 2.05) is 4.90 Å². The van der Waals surface area contributed by atoms with Crippen molar-refractivity contribution in [3.63, 3.8) is 0 Å². The summed E-state index contributed by atoms with van der Waals surface area (Å²) < 4.78 is 0. The molecular formula is C11H16N4O2. The summed E-state index contributed by atoms with van der Waals surface area (Å²) in [5, 5.41) is 13.0. The van der Waals surface area contributed by atoms with Gasteiger partial charge in [-0.3, -0.25) is 10.1 Å². The van der Waals surface area contributed by atoms with Crippen LogP contribution in [0.5, 0.6) is 0 Å². The van der Waals surface area contributed by atoms with Gasteiger partial charge < -0.3 is 15.0 Å². The Kier molecular flexibility index (Phi) is 2.60. The number of imidazole rings is 1. The molecule has 0 saturated carbocycles. The summed E-state index contributed by atoms with van der Waals surface area (Å²) in [4.78, 5) is 20.9. The molecule has 0 radical (unpaired) electrons. The summed E-state index contributed by atoms with van der Waals surface area (Å²) in [5.41, 5.74) is 0.903. The first-order valence-electron chi connectivity index (χ1n) is 5.97. The fourth-order valence-corrected chi connectivity index (χ4v) is 2.75. The van der Waals surface area contributed by atoms with Crippen molar-refractivity contribution in [2.75, 3.05) is 6.54 Å². The van der Waals surface area contributed by atoms with Crippen LogP contribution in [0.15, 0.2) is 12.5 Å². The molecule has 0 bridgehead atoms. The van der Waals surface area contributed by atoms with E-state index >= 15 is 0 Å². The molecular weight excluding hydrogens is 220 g/mol. The lowest BCUT2D eigenvalue weighted by molar-refractivity contribution is -0.144. The van der Waals surface area contributed by atoms with E-state index in [1.165, 1.54) is 0 Å². The number of aromatic amines is 1. The molecule has 2 aliphatic heterocycles. The topological polar surface area (TPSA) is 81.2 Å². The summed E-state index contributed by atoms with van der Waals surface area (Å²) in [6.45, 7) is 0.766. The van der Waals surface area contributed by atoms with Crippen LogP contribution in [0.25, 0.3) is 0 Å². The minimum absolute atomic E-state index is 0.0412. The molecule has 2 aliphatic rings. The van der Waals surface area contributed by atoms with Gasteiger partial charge in [0, 0.05) is 24.9 Å². The Balaban J connectivity index is 1.75. The van der Waals surface area contributed by atoms with Gasteiger partial charge in [0.1, 0.15) is 6.23 Å². The van der Waals surface area contributed by atoms with Gasteiger partial charge >= 0.3 is 0 Å². The quantitative estimate of drug-likeness (QED) is 0.630. The Labute approximate surface area is 99.0 Å². The number of aliphatic hydroxyl groups excluding tert-OH is 1.